The molecule has 28 heavy (non-hydrogen) atoms. The summed E-state index contributed by atoms with van der Waals surface area (Å²) in [4.78, 5) is 3.87. The third-order valence-corrected chi connectivity index (χ3v) is 4.63. The molecule has 1 heterocycles. The average molecular weight is 388 g/mol. The van der Waals surface area contributed by atoms with Crippen molar-refractivity contribution in [1.82, 2.24) is 0 Å². The lowest BCUT2D eigenvalue weighted by Gasteiger charge is -2.45. The van der Waals surface area contributed by atoms with Crippen LogP contribution >= 0.6 is 0 Å². The van der Waals surface area contributed by atoms with Crippen molar-refractivity contribution in [2.24, 2.45) is 10.7 Å². The van der Waals surface area contributed by atoms with E-state index in [4.69, 9.17) is 15.7 Å². The Hall–Kier alpha value is -3.05. The van der Waals surface area contributed by atoms with E-state index in [1.165, 1.54) is 44.2 Å². The molecule has 0 amide bonds. The maximum atomic E-state index is 14.9. The Balaban J connectivity index is 2.03. The molecule has 0 saturated carbocycles. The first kappa shape index (κ1) is 19.7. The van der Waals surface area contributed by atoms with E-state index in [-0.39, 0.29) is 28.4 Å². The first-order valence-electron chi connectivity index (χ1n) is 8.51. The Morgan fingerprint density at radius 3 is 2.43 bits per heavy atom. The molecular weight excluding hydrogens is 369 g/mol. The summed E-state index contributed by atoms with van der Waals surface area (Å²) in [7, 11) is 0. The van der Waals surface area contributed by atoms with Crippen LogP contribution in [-0.2, 0) is 4.74 Å². The Kier molecular flexibility index (Phi) is 4.60. The van der Waals surface area contributed by atoms with E-state index in [2.05, 4.69) is 4.99 Å². The lowest BCUT2D eigenvalue weighted by atomic mass is 9.88. The number of nitriles is 1. The van der Waals surface area contributed by atoms with E-state index in [1.54, 1.807) is 18.2 Å². The van der Waals surface area contributed by atoms with Crippen molar-refractivity contribution in [2.75, 3.05) is 5.12 Å². The molecule has 2 N–H and O–H groups in total. The van der Waals surface area contributed by atoms with Crippen molar-refractivity contribution >= 4 is 17.3 Å². The lowest BCUT2D eigenvalue weighted by Crippen LogP contribution is -2.66. The second-order valence-electron chi connectivity index (χ2n) is 7.21. The van der Waals surface area contributed by atoms with E-state index in [0.29, 0.717) is 5.12 Å². The molecule has 0 fully saturated rings. The van der Waals surface area contributed by atoms with Crippen LogP contribution in [0.3, 0.4) is 0 Å². The fourth-order valence-electron chi connectivity index (χ4n) is 2.98. The minimum Gasteiger partial charge on any atom is -0.465 e. The topological polar surface area (TPSA) is 74.6 Å². The summed E-state index contributed by atoms with van der Waals surface area (Å²) in [5.74, 6) is -3.52. The smallest absolute Gasteiger partial charge is 0.323 e. The highest BCUT2D eigenvalue weighted by Crippen LogP contribution is 2.44. The van der Waals surface area contributed by atoms with Gasteiger partial charge in [0.1, 0.15) is 6.07 Å². The largest absolute Gasteiger partial charge is 0.465 e. The summed E-state index contributed by atoms with van der Waals surface area (Å²) >= 11 is 0. The van der Waals surface area contributed by atoms with Crippen LogP contribution in [0.4, 0.5) is 24.6 Å². The number of nitrogens with two attached hydrogens (primary N) is 1. The Morgan fingerprint density at radius 1 is 1.11 bits per heavy atom. The first-order chi connectivity index (χ1) is 13.0. The number of nitrogens with zero attached hydrogens (tertiary/aromatic N) is 3. The van der Waals surface area contributed by atoms with Crippen LogP contribution in [0.2, 0.25) is 0 Å². The zero-order chi connectivity index (χ0) is 20.7. The predicted octanol–water partition coefficient (Wildman–Crippen LogP) is 4.45. The monoisotopic (exact) mass is 388 g/mol. The SMILES string of the molecule is CC1(C)OC(c2cccc(N(F)c3ccccc3C#N)c2)=N[C@@](C)(N)C1(F)F. The molecule has 3 rings (SSSR count). The van der Waals surface area contributed by atoms with Crippen molar-refractivity contribution < 1.29 is 18.0 Å². The van der Waals surface area contributed by atoms with Gasteiger partial charge in [0.25, 0.3) is 0 Å². The molecule has 2 aromatic carbocycles. The molecule has 1 atom stereocenters. The number of para-hydroxylation sites is 1. The van der Waals surface area contributed by atoms with Crippen LogP contribution in [0.15, 0.2) is 53.5 Å². The molecule has 146 valence electrons. The number of halogens is 3. The van der Waals surface area contributed by atoms with Gasteiger partial charge in [-0.3, -0.25) is 0 Å². The van der Waals surface area contributed by atoms with Gasteiger partial charge in [-0.05, 0) is 51.1 Å². The number of hydrogen-bond acceptors (Lipinski definition) is 5. The summed E-state index contributed by atoms with van der Waals surface area (Å²) < 4.78 is 49.4. The van der Waals surface area contributed by atoms with Gasteiger partial charge >= 0.3 is 5.92 Å². The summed E-state index contributed by atoms with van der Waals surface area (Å²) in [6.07, 6.45) is 0. The van der Waals surface area contributed by atoms with E-state index < -0.39 is 17.2 Å². The van der Waals surface area contributed by atoms with E-state index in [9.17, 15) is 13.3 Å². The zero-order valence-electron chi connectivity index (χ0n) is 15.6. The molecule has 0 aromatic heterocycles. The Labute approximate surface area is 160 Å². The van der Waals surface area contributed by atoms with Crippen LogP contribution in [0.5, 0.6) is 0 Å². The molecule has 0 radical (unpaired) electrons. The number of hydrogen-bond donors (Lipinski definition) is 1. The second kappa shape index (κ2) is 6.53. The highest BCUT2D eigenvalue weighted by atomic mass is 19.3. The molecule has 0 bridgehead atoms. The maximum Gasteiger partial charge on any atom is 0.323 e. The van der Waals surface area contributed by atoms with Crippen molar-refractivity contribution in [3.05, 3.63) is 59.7 Å². The van der Waals surface area contributed by atoms with Gasteiger partial charge in [-0.15, -0.1) is 0 Å². The van der Waals surface area contributed by atoms with Crippen molar-refractivity contribution in [2.45, 2.75) is 38.0 Å². The second-order valence-corrected chi connectivity index (χ2v) is 7.21. The van der Waals surface area contributed by atoms with Gasteiger partial charge in [-0.1, -0.05) is 22.7 Å². The van der Waals surface area contributed by atoms with Gasteiger partial charge in [-0.2, -0.15) is 19.2 Å². The van der Waals surface area contributed by atoms with Crippen LogP contribution in [0.1, 0.15) is 31.9 Å². The Bertz CT molecular complexity index is 979. The fourth-order valence-corrected chi connectivity index (χ4v) is 2.98. The van der Waals surface area contributed by atoms with Crippen LogP contribution in [-0.4, -0.2) is 23.1 Å². The molecule has 0 saturated heterocycles. The van der Waals surface area contributed by atoms with Crippen LogP contribution in [0, 0.1) is 11.3 Å². The molecule has 8 heteroatoms. The van der Waals surface area contributed by atoms with Gasteiger partial charge in [-0.25, -0.2) is 4.99 Å². The summed E-state index contributed by atoms with van der Waals surface area (Å²) in [6, 6.07) is 14.1. The molecule has 0 unspecified atom stereocenters. The summed E-state index contributed by atoms with van der Waals surface area (Å²) in [5.41, 5.74) is 2.23. The normalized spacial score (nSPS) is 22.6. The molecule has 0 spiro atoms. The number of aliphatic imine (C=N–C) groups is 1. The van der Waals surface area contributed by atoms with Gasteiger partial charge < -0.3 is 10.5 Å². The minimum absolute atomic E-state index is 0.0594. The van der Waals surface area contributed by atoms with Gasteiger partial charge in [0.2, 0.25) is 5.90 Å². The molecule has 0 aliphatic carbocycles. The molecule has 1 aliphatic heterocycles. The van der Waals surface area contributed by atoms with Crippen molar-refractivity contribution in [1.29, 1.82) is 5.26 Å². The van der Waals surface area contributed by atoms with Crippen molar-refractivity contribution in [3.63, 3.8) is 0 Å². The number of rotatable bonds is 3. The fraction of sp³-hybridized carbons (Fsp3) is 0.300. The van der Waals surface area contributed by atoms with Gasteiger partial charge in [0, 0.05) is 5.56 Å². The van der Waals surface area contributed by atoms with E-state index >= 15 is 0 Å². The van der Waals surface area contributed by atoms with Crippen LogP contribution in [0.25, 0.3) is 0 Å². The van der Waals surface area contributed by atoms with Crippen molar-refractivity contribution in [3.8, 4) is 6.07 Å². The predicted molar refractivity (Wildman–Crippen MR) is 100 cm³/mol. The molecular formula is C20H19F3N4O. The van der Waals surface area contributed by atoms with Gasteiger partial charge in [0.15, 0.2) is 11.3 Å². The third kappa shape index (κ3) is 3.08. The first-order valence-corrected chi connectivity index (χ1v) is 8.51. The standard InChI is InChI=1S/C20H19F3N4O/c1-18(2)20(21,22)19(3,25)26-17(28-18)13-8-6-9-15(11-13)27(23)16-10-5-4-7-14(16)12-24/h4-11H,25H2,1-3H3/t19-/m1/s1. The highest BCUT2D eigenvalue weighted by Gasteiger charge is 2.63. The van der Waals surface area contributed by atoms with E-state index in [0.717, 1.165) is 6.92 Å². The maximum absolute atomic E-state index is 14.9. The van der Waals surface area contributed by atoms with Crippen LogP contribution < -0.4 is 10.9 Å². The van der Waals surface area contributed by atoms with E-state index in [1.807, 2.05) is 6.07 Å². The number of ether oxygens (including phenoxy) is 1. The highest BCUT2D eigenvalue weighted by molar-refractivity contribution is 5.96. The molecule has 5 nitrogen and oxygen atoms in total. The average Bonchev–Trinajstić information content (AvgIpc) is 2.65. The lowest BCUT2D eigenvalue weighted by molar-refractivity contribution is -0.202. The quantitative estimate of drug-likeness (QED) is 0.789. The Morgan fingerprint density at radius 2 is 1.79 bits per heavy atom. The summed E-state index contributed by atoms with van der Waals surface area (Å²) in [5, 5.41) is 9.51. The minimum atomic E-state index is -3.42. The molecule has 2 aromatic rings. The number of anilines is 2. The zero-order valence-corrected chi connectivity index (χ0v) is 15.6. The molecule has 1 aliphatic rings. The third-order valence-electron chi connectivity index (χ3n) is 4.63. The number of alkyl halides is 2. The summed E-state index contributed by atoms with van der Waals surface area (Å²) in [6.45, 7) is 3.56. The number of benzene rings is 2. The van der Waals surface area contributed by atoms with Gasteiger partial charge in [0.05, 0.1) is 16.9 Å².